The number of nitrogens with one attached hydrogen (secondary N) is 2. The number of benzene rings is 1. The molecule has 2 N–H and O–H groups in total. The number of carbonyl (C=O) groups is 1. The summed E-state index contributed by atoms with van der Waals surface area (Å²) in [5.74, 6) is 0.741. The van der Waals surface area contributed by atoms with Gasteiger partial charge in [-0.15, -0.1) is 0 Å². The Morgan fingerprint density at radius 2 is 1.97 bits per heavy atom. The molecule has 1 aliphatic heterocycles. The first-order valence-electron chi connectivity index (χ1n) is 10.6. The van der Waals surface area contributed by atoms with Crippen LogP contribution in [-0.2, 0) is 6.54 Å². The first-order chi connectivity index (χ1) is 14.2. The second-order valence-corrected chi connectivity index (χ2v) is 8.62. The fourth-order valence-electron chi connectivity index (χ4n) is 4.06. The number of fused-ring (bicyclic) bond motifs is 1. The van der Waals surface area contributed by atoms with E-state index in [2.05, 4.69) is 44.5 Å². The smallest absolute Gasteiger partial charge is 0.272 e. The molecule has 1 aliphatic carbocycles. The third-order valence-electron chi connectivity index (χ3n) is 6.10. The Balaban J connectivity index is 1.39. The van der Waals surface area contributed by atoms with Crippen LogP contribution in [0.3, 0.4) is 0 Å². The molecular weight excluding hydrogens is 362 g/mol. The first-order valence-corrected chi connectivity index (χ1v) is 10.6. The van der Waals surface area contributed by atoms with Crippen LogP contribution in [0.25, 0.3) is 22.0 Å². The van der Waals surface area contributed by atoms with Crippen molar-refractivity contribution in [1.29, 1.82) is 0 Å². The molecule has 6 nitrogen and oxygen atoms in total. The van der Waals surface area contributed by atoms with Gasteiger partial charge in [0, 0.05) is 35.9 Å². The standard InChI is InChI=1S/C23H27N5O/c1-15-6-8-28(9-7-15)14-16-10-18(13-24-12-16)17-2-5-21-20(11-17)22(27-26-21)23(29)25-19-3-4-19/h2,5,10-13,15,19H,3-4,6-9,14H2,1H3,(H,25,29)(H,26,27). The minimum Gasteiger partial charge on any atom is -0.348 e. The van der Waals surface area contributed by atoms with Crippen molar-refractivity contribution in [3.05, 3.63) is 47.9 Å². The van der Waals surface area contributed by atoms with E-state index < -0.39 is 0 Å². The fraction of sp³-hybridized carbons (Fsp3) is 0.435. The summed E-state index contributed by atoms with van der Waals surface area (Å²) in [4.78, 5) is 19.5. The summed E-state index contributed by atoms with van der Waals surface area (Å²) < 4.78 is 0. The van der Waals surface area contributed by atoms with Crippen LogP contribution < -0.4 is 5.32 Å². The molecule has 1 saturated heterocycles. The third kappa shape index (κ3) is 4.03. The maximum atomic E-state index is 12.5. The fourth-order valence-corrected chi connectivity index (χ4v) is 4.06. The molecule has 2 fully saturated rings. The van der Waals surface area contributed by atoms with E-state index in [0.29, 0.717) is 11.7 Å². The van der Waals surface area contributed by atoms with Crippen LogP contribution in [0.15, 0.2) is 36.7 Å². The largest absolute Gasteiger partial charge is 0.348 e. The van der Waals surface area contributed by atoms with Gasteiger partial charge in [-0.05, 0) is 74.0 Å². The lowest BCUT2D eigenvalue weighted by atomic mass is 9.98. The number of H-pyrrole nitrogens is 1. The molecule has 29 heavy (non-hydrogen) atoms. The Labute approximate surface area is 170 Å². The highest BCUT2D eigenvalue weighted by Crippen LogP contribution is 2.27. The molecular formula is C23H27N5O. The average Bonchev–Trinajstić information content (AvgIpc) is 3.44. The van der Waals surface area contributed by atoms with E-state index in [9.17, 15) is 4.79 Å². The average molecular weight is 390 g/mol. The number of amides is 1. The Morgan fingerprint density at radius 3 is 2.76 bits per heavy atom. The SMILES string of the molecule is CC1CCN(Cc2cncc(-c3ccc4[nH]nc(C(=O)NC5CC5)c4c3)c2)CC1. The molecule has 3 heterocycles. The molecule has 3 aromatic rings. The van der Waals surface area contributed by atoms with E-state index in [4.69, 9.17) is 0 Å². The van der Waals surface area contributed by atoms with Crippen molar-refractivity contribution in [2.24, 2.45) is 5.92 Å². The van der Waals surface area contributed by atoms with Crippen LogP contribution in [0.4, 0.5) is 0 Å². The molecule has 1 amide bonds. The zero-order valence-corrected chi connectivity index (χ0v) is 16.8. The van der Waals surface area contributed by atoms with Gasteiger partial charge in [0.15, 0.2) is 5.69 Å². The van der Waals surface area contributed by atoms with Crippen molar-refractivity contribution < 1.29 is 4.79 Å². The van der Waals surface area contributed by atoms with Crippen LogP contribution in [0.1, 0.15) is 48.7 Å². The van der Waals surface area contributed by atoms with Gasteiger partial charge in [-0.3, -0.25) is 19.8 Å². The van der Waals surface area contributed by atoms with Crippen LogP contribution in [0.5, 0.6) is 0 Å². The molecule has 6 heteroatoms. The van der Waals surface area contributed by atoms with E-state index in [1.54, 1.807) is 0 Å². The number of hydrogen-bond acceptors (Lipinski definition) is 4. The van der Waals surface area contributed by atoms with Gasteiger partial charge in [0.1, 0.15) is 0 Å². The maximum absolute atomic E-state index is 12.5. The molecule has 1 saturated carbocycles. The Hall–Kier alpha value is -2.73. The van der Waals surface area contributed by atoms with E-state index in [-0.39, 0.29) is 5.91 Å². The number of nitrogens with zero attached hydrogens (tertiary/aromatic N) is 3. The number of rotatable bonds is 5. The minimum atomic E-state index is -0.0953. The van der Waals surface area contributed by atoms with Crippen LogP contribution >= 0.6 is 0 Å². The second-order valence-electron chi connectivity index (χ2n) is 8.62. The van der Waals surface area contributed by atoms with Crippen LogP contribution in [0, 0.1) is 5.92 Å². The third-order valence-corrected chi connectivity index (χ3v) is 6.10. The molecule has 0 bridgehead atoms. The summed E-state index contributed by atoms with van der Waals surface area (Å²) in [7, 11) is 0. The predicted octanol–water partition coefficient (Wildman–Crippen LogP) is 3.75. The zero-order valence-electron chi connectivity index (χ0n) is 16.8. The molecule has 2 aromatic heterocycles. The van der Waals surface area contributed by atoms with Crippen molar-refractivity contribution in [3.63, 3.8) is 0 Å². The Morgan fingerprint density at radius 1 is 1.14 bits per heavy atom. The normalized spacial score (nSPS) is 18.2. The summed E-state index contributed by atoms with van der Waals surface area (Å²) in [6.45, 7) is 5.60. The number of carbonyl (C=O) groups excluding carboxylic acids is 1. The molecule has 1 aromatic carbocycles. The van der Waals surface area contributed by atoms with E-state index in [1.807, 2.05) is 24.5 Å². The summed E-state index contributed by atoms with van der Waals surface area (Å²) in [6, 6.07) is 8.63. The van der Waals surface area contributed by atoms with Crippen LogP contribution in [0.2, 0.25) is 0 Å². The van der Waals surface area contributed by atoms with Crippen molar-refractivity contribution in [2.45, 2.75) is 45.2 Å². The van der Waals surface area contributed by atoms with E-state index >= 15 is 0 Å². The Bertz CT molecular complexity index is 1030. The highest BCUT2D eigenvalue weighted by molar-refractivity contribution is 6.05. The van der Waals surface area contributed by atoms with Crippen molar-refractivity contribution in [1.82, 2.24) is 25.4 Å². The quantitative estimate of drug-likeness (QED) is 0.697. The maximum Gasteiger partial charge on any atom is 0.272 e. The lowest BCUT2D eigenvalue weighted by Crippen LogP contribution is -2.32. The molecule has 0 spiro atoms. The van der Waals surface area contributed by atoms with Gasteiger partial charge in [-0.2, -0.15) is 5.10 Å². The van der Waals surface area contributed by atoms with Gasteiger partial charge in [0.05, 0.1) is 5.52 Å². The molecule has 0 atom stereocenters. The van der Waals surface area contributed by atoms with Crippen molar-refractivity contribution >= 4 is 16.8 Å². The van der Waals surface area contributed by atoms with Gasteiger partial charge in [0.2, 0.25) is 0 Å². The number of likely N-dealkylation sites (tertiary alicyclic amines) is 1. The van der Waals surface area contributed by atoms with E-state index in [0.717, 1.165) is 60.4 Å². The highest BCUT2D eigenvalue weighted by atomic mass is 16.2. The lowest BCUT2D eigenvalue weighted by molar-refractivity contribution is 0.0947. The molecule has 2 aliphatic rings. The molecule has 5 rings (SSSR count). The number of pyridine rings is 1. The summed E-state index contributed by atoms with van der Waals surface area (Å²) in [5.41, 5.74) is 4.71. The van der Waals surface area contributed by atoms with Crippen molar-refractivity contribution in [3.8, 4) is 11.1 Å². The monoisotopic (exact) mass is 389 g/mol. The summed E-state index contributed by atoms with van der Waals surface area (Å²) >= 11 is 0. The number of aromatic amines is 1. The number of piperidine rings is 1. The molecule has 150 valence electrons. The summed E-state index contributed by atoms with van der Waals surface area (Å²) in [5, 5.41) is 11.1. The first kappa shape index (κ1) is 18.3. The van der Waals surface area contributed by atoms with E-state index in [1.165, 1.54) is 18.4 Å². The van der Waals surface area contributed by atoms with Gasteiger partial charge in [0.25, 0.3) is 5.91 Å². The number of aromatic nitrogens is 3. The van der Waals surface area contributed by atoms with Gasteiger partial charge < -0.3 is 5.32 Å². The van der Waals surface area contributed by atoms with Gasteiger partial charge >= 0.3 is 0 Å². The van der Waals surface area contributed by atoms with Gasteiger partial charge in [-0.25, -0.2) is 0 Å². The highest BCUT2D eigenvalue weighted by Gasteiger charge is 2.26. The predicted molar refractivity (Wildman–Crippen MR) is 113 cm³/mol. The topological polar surface area (TPSA) is 73.9 Å². The van der Waals surface area contributed by atoms with Gasteiger partial charge in [-0.1, -0.05) is 13.0 Å². The molecule has 0 radical (unpaired) electrons. The number of hydrogen-bond donors (Lipinski definition) is 2. The zero-order chi connectivity index (χ0) is 19.8. The second kappa shape index (κ2) is 7.59. The Kier molecular flexibility index (Phi) is 4.79. The minimum absolute atomic E-state index is 0.0953. The van der Waals surface area contributed by atoms with Crippen molar-refractivity contribution in [2.75, 3.05) is 13.1 Å². The summed E-state index contributed by atoms with van der Waals surface area (Å²) in [6.07, 6.45) is 8.53. The molecule has 0 unspecified atom stereocenters. The lowest BCUT2D eigenvalue weighted by Gasteiger charge is -2.30. The van der Waals surface area contributed by atoms with Crippen LogP contribution in [-0.4, -0.2) is 45.1 Å².